The van der Waals surface area contributed by atoms with E-state index in [2.05, 4.69) is 27.4 Å². The van der Waals surface area contributed by atoms with Gasteiger partial charge in [-0.15, -0.1) is 0 Å². The summed E-state index contributed by atoms with van der Waals surface area (Å²) in [6.45, 7) is 12.7. The van der Waals surface area contributed by atoms with E-state index < -0.39 is 0 Å². The van der Waals surface area contributed by atoms with Crippen molar-refractivity contribution in [2.75, 3.05) is 52.4 Å². The maximum Gasteiger partial charge on any atom is 0.0261 e. The summed E-state index contributed by atoms with van der Waals surface area (Å²) in [4.78, 5) is 5.73. The molecule has 4 fully saturated rings. The van der Waals surface area contributed by atoms with Crippen LogP contribution in [0.1, 0.15) is 51.9 Å². The zero-order chi connectivity index (χ0) is 16.4. The normalized spacial score (nSPS) is 42.1. The Hall–Kier alpha value is -0.160. The Balaban J connectivity index is 1.39. The molecule has 1 spiro atoms. The van der Waals surface area contributed by atoms with E-state index in [0.29, 0.717) is 5.41 Å². The summed E-state index contributed by atoms with van der Waals surface area (Å²) in [5, 5.41) is 7.33. The molecule has 4 aliphatic heterocycles. The molecule has 0 saturated carbocycles. The summed E-state index contributed by atoms with van der Waals surface area (Å²) in [5.74, 6) is 0.878. The first-order valence-electron chi connectivity index (χ1n) is 10.7. The molecule has 2 N–H and O–H groups in total. The number of likely N-dealkylation sites (tertiary alicyclic amines) is 2. The Bertz CT molecular complexity index is 406. The van der Waals surface area contributed by atoms with Crippen molar-refractivity contribution in [3.05, 3.63) is 0 Å². The van der Waals surface area contributed by atoms with Gasteiger partial charge in [-0.25, -0.2) is 0 Å². The Morgan fingerprint density at radius 1 is 1.04 bits per heavy atom. The van der Waals surface area contributed by atoms with Crippen LogP contribution >= 0.6 is 0 Å². The van der Waals surface area contributed by atoms with Gasteiger partial charge < -0.3 is 15.5 Å². The molecule has 4 saturated heterocycles. The van der Waals surface area contributed by atoms with Gasteiger partial charge in [0.15, 0.2) is 0 Å². The van der Waals surface area contributed by atoms with Gasteiger partial charge in [0, 0.05) is 38.3 Å². The lowest BCUT2D eigenvalue weighted by Gasteiger charge is -2.44. The average molecular weight is 335 g/mol. The smallest absolute Gasteiger partial charge is 0.0261 e. The summed E-state index contributed by atoms with van der Waals surface area (Å²) in [5.41, 5.74) is 0.610. The van der Waals surface area contributed by atoms with Gasteiger partial charge in [0.2, 0.25) is 0 Å². The number of hydrogen-bond acceptors (Lipinski definition) is 4. The molecule has 0 aromatic carbocycles. The maximum absolute atomic E-state index is 3.71. The average Bonchev–Trinajstić information content (AvgIpc) is 3.26. The van der Waals surface area contributed by atoms with Gasteiger partial charge in [0.25, 0.3) is 0 Å². The van der Waals surface area contributed by atoms with Crippen LogP contribution in [-0.4, -0.2) is 74.2 Å². The fourth-order valence-electron chi connectivity index (χ4n) is 6.00. The molecule has 24 heavy (non-hydrogen) atoms. The van der Waals surface area contributed by atoms with Crippen molar-refractivity contribution in [2.24, 2.45) is 11.3 Å². The predicted molar refractivity (Wildman–Crippen MR) is 100 cm³/mol. The van der Waals surface area contributed by atoms with Crippen LogP contribution in [0.4, 0.5) is 0 Å². The largest absolute Gasteiger partial charge is 0.316 e. The summed E-state index contributed by atoms with van der Waals surface area (Å²) in [6, 6.07) is 1.64. The highest BCUT2D eigenvalue weighted by atomic mass is 15.2. The molecular formula is C20H38N4. The van der Waals surface area contributed by atoms with Crippen LogP contribution < -0.4 is 10.6 Å². The topological polar surface area (TPSA) is 30.5 Å². The van der Waals surface area contributed by atoms with Crippen molar-refractivity contribution in [3.63, 3.8) is 0 Å². The first-order chi connectivity index (χ1) is 11.8. The van der Waals surface area contributed by atoms with Crippen LogP contribution in [0, 0.1) is 11.3 Å². The molecule has 4 unspecified atom stereocenters. The molecule has 0 aromatic heterocycles. The molecule has 4 rings (SSSR count). The van der Waals surface area contributed by atoms with E-state index >= 15 is 0 Å². The summed E-state index contributed by atoms with van der Waals surface area (Å²) in [6.07, 6.45) is 9.85. The number of piperidine rings is 2. The SMILES string of the molecule is CCC1CCCCN1CC1CCNCC1N1CCC2(CCNC2)C1. The van der Waals surface area contributed by atoms with Crippen molar-refractivity contribution in [3.8, 4) is 0 Å². The summed E-state index contributed by atoms with van der Waals surface area (Å²) >= 11 is 0. The Kier molecular flexibility index (Phi) is 5.47. The minimum Gasteiger partial charge on any atom is -0.316 e. The molecule has 4 heteroatoms. The quantitative estimate of drug-likeness (QED) is 0.822. The lowest BCUT2D eigenvalue weighted by Crippen LogP contribution is -2.55. The minimum atomic E-state index is 0.610. The molecule has 138 valence electrons. The highest BCUT2D eigenvalue weighted by Crippen LogP contribution is 2.38. The number of nitrogens with one attached hydrogen (secondary N) is 2. The van der Waals surface area contributed by atoms with Crippen LogP contribution in [0.2, 0.25) is 0 Å². The Labute approximate surface area is 148 Å². The van der Waals surface area contributed by atoms with Crippen LogP contribution in [-0.2, 0) is 0 Å². The highest BCUT2D eigenvalue weighted by molar-refractivity contribution is 5.00. The van der Waals surface area contributed by atoms with Crippen LogP contribution in [0.5, 0.6) is 0 Å². The van der Waals surface area contributed by atoms with Crippen molar-refractivity contribution in [1.82, 2.24) is 20.4 Å². The van der Waals surface area contributed by atoms with Gasteiger partial charge in [-0.05, 0) is 76.0 Å². The fraction of sp³-hybridized carbons (Fsp3) is 1.00. The summed E-state index contributed by atoms with van der Waals surface area (Å²) < 4.78 is 0. The zero-order valence-corrected chi connectivity index (χ0v) is 15.7. The highest BCUT2D eigenvalue weighted by Gasteiger charge is 2.44. The molecule has 4 nitrogen and oxygen atoms in total. The monoisotopic (exact) mass is 334 g/mol. The van der Waals surface area contributed by atoms with E-state index in [1.165, 1.54) is 97.3 Å². The molecule has 0 bridgehead atoms. The Morgan fingerprint density at radius 3 is 2.83 bits per heavy atom. The fourth-order valence-corrected chi connectivity index (χ4v) is 6.00. The van der Waals surface area contributed by atoms with E-state index in [0.717, 1.165) is 18.0 Å². The molecule has 4 atom stereocenters. The van der Waals surface area contributed by atoms with Crippen molar-refractivity contribution in [2.45, 2.75) is 64.0 Å². The van der Waals surface area contributed by atoms with E-state index in [9.17, 15) is 0 Å². The molecule has 4 heterocycles. The molecule has 4 aliphatic rings. The third-order valence-corrected chi connectivity index (χ3v) is 7.55. The van der Waals surface area contributed by atoms with Crippen LogP contribution in [0.3, 0.4) is 0 Å². The Morgan fingerprint density at radius 2 is 2.00 bits per heavy atom. The van der Waals surface area contributed by atoms with E-state index in [1.54, 1.807) is 0 Å². The standard InChI is InChI=1S/C20H38N4/c1-2-18-5-3-4-11-23(18)14-17-6-9-21-13-19(17)24-12-8-20(16-24)7-10-22-15-20/h17-19,21-22H,2-16H2,1H3. The van der Waals surface area contributed by atoms with Gasteiger partial charge in [-0.3, -0.25) is 4.90 Å². The van der Waals surface area contributed by atoms with E-state index in [4.69, 9.17) is 0 Å². The number of nitrogens with zero attached hydrogens (tertiary/aromatic N) is 2. The van der Waals surface area contributed by atoms with Gasteiger partial charge in [0.1, 0.15) is 0 Å². The molecular weight excluding hydrogens is 296 g/mol. The second kappa shape index (κ2) is 7.61. The number of hydrogen-bond donors (Lipinski definition) is 2. The maximum atomic E-state index is 3.71. The van der Waals surface area contributed by atoms with E-state index in [1.807, 2.05) is 0 Å². The second-order valence-corrected chi connectivity index (χ2v) is 9.02. The first-order valence-corrected chi connectivity index (χ1v) is 10.7. The van der Waals surface area contributed by atoms with Gasteiger partial charge in [0.05, 0.1) is 0 Å². The van der Waals surface area contributed by atoms with Crippen molar-refractivity contribution < 1.29 is 0 Å². The molecule has 0 radical (unpaired) electrons. The molecule has 0 aromatic rings. The minimum absolute atomic E-state index is 0.610. The second-order valence-electron chi connectivity index (χ2n) is 9.02. The summed E-state index contributed by atoms with van der Waals surface area (Å²) in [7, 11) is 0. The number of rotatable bonds is 4. The molecule has 0 amide bonds. The van der Waals surface area contributed by atoms with Gasteiger partial charge in [-0.2, -0.15) is 0 Å². The van der Waals surface area contributed by atoms with Crippen molar-refractivity contribution in [1.29, 1.82) is 0 Å². The van der Waals surface area contributed by atoms with Gasteiger partial charge in [-0.1, -0.05) is 13.3 Å². The first kappa shape index (κ1) is 17.3. The predicted octanol–water partition coefficient (Wildman–Crippen LogP) is 1.91. The van der Waals surface area contributed by atoms with Gasteiger partial charge >= 0.3 is 0 Å². The molecule has 0 aliphatic carbocycles. The third kappa shape index (κ3) is 3.53. The van der Waals surface area contributed by atoms with Crippen LogP contribution in [0.15, 0.2) is 0 Å². The van der Waals surface area contributed by atoms with Crippen molar-refractivity contribution >= 4 is 0 Å². The lowest BCUT2D eigenvalue weighted by molar-refractivity contribution is 0.0625. The third-order valence-electron chi connectivity index (χ3n) is 7.55. The zero-order valence-electron chi connectivity index (χ0n) is 15.7. The lowest BCUT2D eigenvalue weighted by atomic mass is 9.86. The van der Waals surface area contributed by atoms with E-state index in [-0.39, 0.29) is 0 Å². The van der Waals surface area contributed by atoms with Crippen LogP contribution in [0.25, 0.3) is 0 Å².